The molecule has 0 unspecified atom stereocenters. The molecule has 1 aliphatic rings. The van der Waals surface area contributed by atoms with Gasteiger partial charge < -0.3 is 10.5 Å². The van der Waals surface area contributed by atoms with E-state index in [1.165, 1.54) is 23.5 Å². The highest BCUT2D eigenvalue weighted by atomic mass is 32.2. The summed E-state index contributed by atoms with van der Waals surface area (Å²) in [5.74, 6) is -0.395. The largest absolute Gasteiger partial charge is 0.465 e. The number of rotatable bonds is 5. The predicted octanol–water partition coefficient (Wildman–Crippen LogP) is 1.90. The first-order chi connectivity index (χ1) is 12.0. The lowest BCUT2D eigenvalue weighted by molar-refractivity contribution is 0.0606. The van der Waals surface area contributed by atoms with Crippen LogP contribution in [-0.2, 0) is 14.8 Å². The standard InChI is InChI=1S/C17H20N2O4S2/c1-23-17(20)15-7-8-16(24-15)25(21,22)19-10-13(9-18)14(11-19)12-5-3-2-4-6-12/h2-8,13-14H,9-11,18H2,1H3/t13-,14+/m1/s1. The molecule has 134 valence electrons. The van der Waals surface area contributed by atoms with Crippen LogP contribution in [0.4, 0.5) is 0 Å². The molecule has 2 atom stereocenters. The van der Waals surface area contributed by atoms with E-state index in [2.05, 4.69) is 4.74 Å². The van der Waals surface area contributed by atoms with Gasteiger partial charge in [0.2, 0.25) is 0 Å². The molecule has 0 amide bonds. The summed E-state index contributed by atoms with van der Waals surface area (Å²) in [4.78, 5) is 11.8. The van der Waals surface area contributed by atoms with Gasteiger partial charge in [-0.3, -0.25) is 0 Å². The summed E-state index contributed by atoms with van der Waals surface area (Å²) >= 11 is 0.930. The number of nitrogens with zero attached hydrogens (tertiary/aromatic N) is 1. The number of nitrogens with two attached hydrogens (primary N) is 1. The normalized spacial score (nSPS) is 21.4. The number of hydrogen-bond acceptors (Lipinski definition) is 6. The average Bonchev–Trinajstić information content (AvgIpc) is 3.29. The van der Waals surface area contributed by atoms with Crippen LogP contribution >= 0.6 is 11.3 Å². The van der Waals surface area contributed by atoms with Crippen LogP contribution in [0.25, 0.3) is 0 Å². The quantitative estimate of drug-likeness (QED) is 0.800. The lowest BCUT2D eigenvalue weighted by atomic mass is 9.89. The van der Waals surface area contributed by atoms with E-state index in [4.69, 9.17) is 5.73 Å². The minimum Gasteiger partial charge on any atom is -0.465 e. The molecule has 0 aliphatic carbocycles. The van der Waals surface area contributed by atoms with E-state index in [0.717, 1.165) is 16.9 Å². The minimum atomic E-state index is -3.66. The first-order valence-electron chi connectivity index (χ1n) is 7.90. The Morgan fingerprint density at radius 1 is 1.24 bits per heavy atom. The van der Waals surface area contributed by atoms with Crippen LogP contribution in [0, 0.1) is 5.92 Å². The molecule has 1 saturated heterocycles. The molecule has 6 nitrogen and oxygen atoms in total. The summed E-state index contributed by atoms with van der Waals surface area (Å²) in [6.45, 7) is 1.19. The number of sulfonamides is 1. The highest BCUT2D eigenvalue weighted by Gasteiger charge is 2.40. The molecule has 1 aromatic carbocycles. The summed E-state index contributed by atoms with van der Waals surface area (Å²) in [7, 11) is -2.38. The third-order valence-corrected chi connectivity index (χ3v) is 7.86. The van der Waals surface area contributed by atoms with Crippen LogP contribution in [0.5, 0.6) is 0 Å². The van der Waals surface area contributed by atoms with Crippen molar-refractivity contribution in [2.75, 3.05) is 26.7 Å². The maximum Gasteiger partial charge on any atom is 0.348 e. The number of benzene rings is 1. The van der Waals surface area contributed by atoms with Gasteiger partial charge in [-0.2, -0.15) is 4.31 Å². The molecule has 25 heavy (non-hydrogen) atoms. The summed E-state index contributed by atoms with van der Waals surface area (Å²) in [5.41, 5.74) is 6.98. The molecule has 1 aliphatic heterocycles. The van der Waals surface area contributed by atoms with E-state index < -0.39 is 16.0 Å². The van der Waals surface area contributed by atoms with Crippen molar-refractivity contribution in [3.05, 3.63) is 52.9 Å². The molecule has 3 rings (SSSR count). The Balaban J connectivity index is 1.86. The van der Waals surface area contributed by atoms with Crippen molar-refractivity contribution in [1.29, 1.82) is 0 Å². The third-order valence-electron chi connectivity index (χ3n) is 4.50. The highest BCUT2D eigenvalue weighted by Crippen LogP contribution is 2.36. The predicted molar refractivity (Wildman–Crippen MR) is 96.1 cm³/mol. The zero-order chi connectivity index (χ0) is 18.0. The summed E-state index contributed by atoms with van der Waals surface area (Å²) < 4.78 is 32.1. The third kappa shape index (κ3) is 3.48. The van der Waals surface area contributed by atoms with Gasteiger partial charge in [-0.1, -0.05) is 30.3 Å². The SMILES string of the molecule is COC(=O)c1ccc(S(=O)(=O)N2C[C@@H](CN)[C@H](c3ccccc3)C2)s1. The smallest absolute Gasteiger partial charge is 0.348 e. The van der Waals surface area contributed by atoms with Gasteiger partial charge in [-0.15, -0.1) is 11.3 Å². The first-order valence-corrected chi connectivity index (χ1v) is 10.2. The maximum absolute atomic E-state index is 12.9. The highest BCUT2D eigenvalue weighted by molar-refractivity contribution is 7.91. The molecule has 1 aromatic heterocycles. The number of methoxy groups -OCH3 is 1. The van der Waals surface area contributed by atoms with Crippen LogP contribution in [0.2, 0.25) is 0 Å². The van der Waals surface area contributed by atoms with Crippen LogP contribution < -0.4 is 5.73 Å². The number of hydrogen-bond donors (Lipinski definition) is 1. The molecular formula is C17H20N2O4S2. The summed E-state index contributed by atoms with van der Waals surface area (Å²) in [6, 6.07) is 12.8. The summed E-state index contributed by atoms with van der Waals surface area (Å²) in [5, 5.41) is 0. The molecule has 0 spiro atoms. The van der Waals surface area contributed by atoms with Gasteiger partial charge in [-0.25, -0.2) is 13.2 Å². The van der Waals surface area contributed by atoms with E-state index in [1.54, 1.807) is 0 Å². The number of ether oxygens (including phenoxy) is 1. The van der Waals surface area contributed by atoms with Crippen molar-refractivity contribution in [2.24, 2.45) is 11.7 Å². The van der Waals surface area contributed by atoms with Crippen molar-refractivity contribution < 1.29 is 17.9 Å². The molecule has 2 N–H and O–H groups in total. The second-order valence-corrected chi connectivity index (χ2v) is 9.19. The second-order valence-electron chi connectivity index (χ2n) is 5.95. The molecule has 0 bridgehead atoms. The van der Waals surface area contributed by atoms with Crippen molar-refractivity contribution >= 4 is 27.3 Å². The maximum atomic E-state index is 12.9. The number of carbonyl (C=O) groups excluding carboxylic acids is 1. The van der Waals surface area contributed by atoms with E-state index >= 15 is 0 Å². The molecule has 2 heterocycles. The number of thiophene rings is 1. The fourth-order valence-corrected chi connectivity index (χ4v) is 6.04. The molecule has 0 radical (unpaired) electrons. The molecule has 0 saturated carbocycles. The Morgan fingerprint density at radius 2 is 1.96 bits per heavy atom. The lowest BCUT2D eigenvalue weighted by Crippen LogP contribution is -2.29. The van der Waals surface area contributed by atoms with E-state index in [0.29, 0.717) is 19.6 Å². The Morgan fingerprint density at radius 3 is 2.60 bits per heavy atom. The van der Waals surface area contributed by atoms with Gasteiger partial charge >= 0.3 is 5.97 Å². The lowest BCUT2D eigenvalue weighted by Gasteiger charge is -2.16. The molecular weight excluding hydrogens is 360 g/mol. The van der Waals surface area contributed by atoms with E-state index in [1.807, 2.05) is 30.3 Å². The Bertz CT molecular complexity index is 849. The molecule has 2 aromatic rings. The van der Waals surface area contributed by atoms with Crippen LogP contribution in [0.3, 0.4) is 0 Å². The van der Waals surface area contributed by atoms with Crippen molar-refractivity contribution in [3.63, 3.8) is 0 Å². The zero-order valence-corrected chi connectivity index (χ0v) is 15.4. The Labute approximate surface area is 151 Å². The molecule has 1 fully saturated rings. The van der Waals surface area contributed by atoms with E-state index in [-0.39, 0.29) is 20.9 Å². The van der Waals surface area contributed by atoms with Crippen molar-refractivity contribution in [2.45, 2.75) is 10.1 Å². The zero-order valence-electron chi connectivity index (χ0n) is 13.8. The average molecular weight is 380 g/mol. The fourth-order valence-electron chi connectivity index (χ4n) is 3.14. The van der Waals surface area contributed by atoms with Gasteiger partial charge in [0.05, 0.1) is 7.11 Å². The van der Waals surface area contributed by atoms with Crippen molar-refractivity contribution in [3.8, 4) is 0 Å². The van der Waals surface area contributed by atoms with Crippen LogP contribution in [-0.4, -0.2) is 45.4 Å². The topological polar surface area (TPSA) is 89.7 Å². The number of carbonyl (C=O) groups is 1. The summed E-state index contributed by atoms with van der Waals surface area (Å²) in [6.07, 6.45) is 0. The molecule has 8 heteroatoms. The van der Waals surface area contributed by atoms with Gasteiger partial charge in [-0.05, 0) is 30.2 Å². The first kappa shape index (κ1) is 18.1. The second kappa shape index (κ2) is 7.25. The van der Waals surface area contributed by atoms with Crippen LogP contribution in [0.1, 0.15) is 21.2 Å². The number of esters is 1. The fraction of sp³-hybridized carbons (Fsp3) is 0.353. The minimum absolute atomic E-state index is 0.0669. The van der Waals surface area contributed by atoms with Gasteiger partial charge in [0, 0.05) is 19.0 Å². The van der Waals surface area contributed by atoms with Crippen LogP contribution in [0.15, 0.2) is 46.7 Å². The Kier molecular flexibility index (Phi) is 5.24. The van der Waals surface area contributed by atoms with Gasteiger partial charge in [0.25, 0.3) is 10.0 Å². The van der Waals surface area contributed by atoms with Gasteiger partial charge in [0.1, 0.15) is 9.09 Å². The van der Waals surface area contributed by atoms with Gasteiger partial charge in [0.15, 0.2) is 0 Å². The van der Waals surface area contributed by atoms with E-state index in [9.17, 15) is 13.2 Å². The monoisotopic (exact) mass is 380 g/mol. The van der Waals surface area contributed by atoms with Crippen molar-refractivity contribution in [1.82, 2.24) is 4.31 Å². The Hall–Kier alpha value is -1.74.